The number of ether oxygens (including phenoxy) is 1. The molecular weight excluding hydrogens is 261 g/mol. The van der Waals surface area contributed by atoms with Crippen molar-refractivity contribution < 1.29 is 27.8 Å². The van der Waals surface area contributed by atoms with Gasteiger partial charge in [0.25, 0.3) is 0 Å². The van der Waals surface area contributed by atoms with Crippen molar-refractivity contribution in [3.63, 3.8) is 0 Å². The quantitative estimate of drug-likeness (QED) is 0.797. The van der Waals surface area contributed by atoms with Crippen molar-refractivity contribution in [2.75, 3.05) is 6.61 Å². The van der Waals surface area contributed by atoms with Crippen LogP contribution in [0.15, 0.2) is 24.3 Å². The molecule has 1 aliphatic rings. The molecule has 0 amide bonds. The Bertz CT molecular complexity index is 532. The molecule has 0 atom stereocenters. The average Bonchev–Trinajstić information content (AvgIpc) is 2.49. The molecule has 0 spiro atoms. The van der Waals surface area contributed by atoms with E-state index in [0.29, 0.717) is 24.0 Å². The molecule has 0 aliphatic carbocycles. The number of allylic oxidation sites excluding steroid dienone is 1. The number of alkyl halides is 3. The Labute approximate surface area is 107 Å². The van der Waals surface area contributed by atoms with Crippen molar-refractivity contribution in [3.8, 4) is 5.75 Å². The Morgan fingerprint density at radius 3 is 2.74 bits per heavy atom. The lowest BCUT2D eigenvalue weighted by molar-refractivity contribution is -0.137. The van der Waals surface area contributed by atoms with Crippen LogP contribution < -0.4 is 4.74 Å². The Morgan fingerprint density at radius 1 is 1.37 bits per heavy atom. The molecule has 0 unspecified atom stereocenters. The number of carboxylic acids is 1. The van der Waals surface area contributed by atoms with Crippen LogP contribution >= 0.6 is 0 Å². The van der Waals surface area contributed by atoms with Gasteiger partial charge >= 0.3 is 12.1 Å². The molecule has 0 bridgehead atoms. The summed E-state index contributed by atoms with van der Waals surface area (Å²) in [5.41, 5.74) is 0.0875. The van der Waals surface area contributed by atoms with Gasteiger partial charge in [0.2, 0.25) is 0 Å². The Kier molecular flexibility index (Phi) is 3.50. The van der Waals surface area contributed by atoms with E-state index in [2.05, 4.69) is 0 Å². The third kappa shape index (κ3) is 3.07. The van der Waals surface area contributed by atoms with Gasteiger partial charge in [-0.3, -0.25) is 0 Å². The van der Waals surface area contributed by atoms with Crippen LogP contribution in [0.4, 0.5) is 13.2 Å². The molecule has 6 heteroatoms. The fourth-order valence-corrected chi connectivity index (χ4v) is 1.96. The lowest BCUT2D eigenvalue weighted by atomic mass is 9.99. The lowest BCUT2D eigenvalue weighted by Gasteiger charge is -2.12. The molecule has 0 fully saturated rings. The zero-order valence-corrected chi connectivity index (χ0v) is 9.83. The van der Waals surface area contributed by atoms with Crippen molar-refractivity contribution in [3.05, 3.63) is 35.4 Å². The summed E-state index contributed by atoms with van der Waals surface area (Å²) in [7, 11) is 0. The SMILES string of the molecule is O=C(O)C=C1CCCOc2cc(C(F)(F)F)ccc21. The molecule has 19 heavy (non-hydrogen) atoms. The van der Waals surface area contributed by atoms with E-state index in [4.69, 9.17) is 9.84 Å². The predicted molar refractivity (Wildman–Crippen MR) is 61.8 cm³/mol. The maximum Gasteiger partial charge on any atom is 0.416 e. The molecule has 1 heterocycles. The summed E-state index contributed by atoms with van der Waals surface area (Å²) >= 11 is 0. The molecule has 1 aromatic rings. The van der Waals surface area contributed by atoms with Crippen LogP contribution in [0, 0.1) is 0 Å². The summed E-state index contributed by atoms with van der Waals surface area (Å²) in [6, 6.07) is 3.11. The first-order valence-corrected chi connectivity index (χ1v) is 5.66. The van der Waals surface area contributed by atoms with E-state index in [1.807, 2.05) is 0 Å². The van der Waals surface area contributed by atoms with E-state index >= 15 is 0 Å². The van der Waals surface area contributed by atoms with Crippen LogP contribution in [0.1, 0.15) is 24.0 Å². The van der Waals surface area contributed by atoms with Crippen molar-refractivity contribution in [2.24, 2.45) is 0 Å². The minimum absolute atomic E-state index is 0.0832. The first-order chi connectivity index (χ1) is 8.88. The zero-order valence-electron chi connectivity index (χ0n) is 9.83. The van der Waals surface area contributed by atoms with Crippen LogP contribution in [0.2, 0.25) is 0 Å². The molecule has 1 N–H and O–H groups in total. The van der Waals surface area contributed by atoms with E-state index in [0.717, 1.165) is 18.2 Å². The number of hydrogen-bond acceptors (Lipinski definition) is 2. The molecular formula is C13H11F3O3. The Balaban J connectivity index is 2.49. The van der Waals surface area contributed by atoms with E-state index < -0.39 is 17.7 Å². The highest BCUT2D eigenvalue weighted by Crippen LogP contribution is 2.37. The summed E-state index contributed by atoms with van der Waals surface area (Å²) in [5.74, 6) is -1.04. The van der Waals surface area contributed by atoms with Gasteiger partial charge in [-0.15, -0.1) is 0 Å². The summed E-state index contributed by atoms with van der Waals surface area (Å²) in [5, 5.41) is 8.77. The van der Waals surface area contributed by atoms with Gasteiger partial charge in [-0.2, -0.15) is 13.2 Å². The van der Waals surface area contributed by atoms with Gasteiger partial charge in [0, 0.05) is 11.6 Å². The normalized spacial score (nSPS) is 17.5. The van der Waals surface area contributed by atoms with Gasteiger partial charge < -0.3 is 9.84 Å². The second kappa shape index (κ2) is 4.95. The summed E-state index contributed by atoms with van der Waals surface area (Å²) in [6.45, 7) is 0.269. The Morgan fingerprint density at radius 2 is 2.11 bits per heavy atom. The van der Waals surface area contributed by atoms with E-state index in [-0.39, 0.29) is 12.4 Å². The van der Waals surface area contributed by atoms with Crippen molar-refractivity contribution in [2.45, 2.75) is 19.0 Å². The smallest absolute Gasteiger partial charge is 0.416 e. The zero-order chi connectivity index (χ0) is 14.0. The monoisotopic (exact) mass is 272 g/mol. The number of carbonyl (C=O) groups is 1. The van der Waals surface area contributed by atoms with Crippen LogP contribution in [-0.2, 0) is 11.0 Å². The molecule has 2 rings (SSSR count). The molecule has 1 aromatic carbocycles. The summed E-state index contributed by atoms with van der Waals surface area (Å²) in [4.78, 5) is 10.7. The standard InChI is InChI=1S/C13H11F3O3/c14-13(15,16)9-3-4-10-8(6-12(17)18)2-1-5-19-11(10)7-9/h3-4,6-7H,1-2,5H2,(H,17,18). The first-order valence-electron chi connectivity index (χ1n) is 5.66. The summed E-state index contributed by atoms with van der Waals surface area (Å²) < 4.78 is 43.1. The highest BCUT2D eigenvalue weighted by Gasteiger charge is 2.31. The van der Waals surface area contributed by atoms with Gasteiger partial charge in [-0.05, 0) is 30.5 Å². The second-order valence-electron chi connectivity index (χ2n) is 4.17. The molecule has 0 aromatic heterocycles. The number of hydrogen-bond donors (Lipinski definition) is 1. The third-order valence-electron chi connectivity index (χ3n) is 2.80. The van der Waals surface area contributed by atoms with E-state index in [1.54, 1.807) is 0 Å². The highest BCUT2D eigenvalue weighted by molar-refractivity contribution is 5.91. The Hall–Kier alpha value is -1.98. The minimum Gasteiger partial charge on any atom is -0.493 e. The molecule has 0 saturated carbocycles. The number of carboxylic acid groups (broad SMARTS) is 1. The summed E-state index contributed by atoms with van der Waals surface area (Å²) in [6.07, 6.45) is -2.40. The fourth-order valence-electron chi connectivity index (χ4n) is 1.96. The van der Waals surface area contributed by atoms with Crippen LogP contribution in [-0.4, -0.2) is 17.7 Å². The molecule has 102 valence electrons. The minimum atomic E-state index is -4.44. The topological polar surface area (TPSA) is 46.5 Å². The van der Waals surface area contributed by atoms with Gasteiger partial charge in [0.1, 0.15) is 5.75 Å². The van der Waals surface area contributed by atoms with Crippen molar-refractivity contribution in [1.29, 1.82) is 0 Å². The largest absolute Gasteiger partial charge is 0.493 e. The van der Waals surface area contributed by atoms with E-state index in [1.165, 1.54) is 6.07 Å². The molecule has 0 radical (unpaired) electrons. The number of aliphatic carboxylic acids is 1. The molecule has 3 nitrogen and oxygen atoms in total. The van der Waals surface area contributed by atoms with Gasteiger partial charge in [0.15, 0.2) is 0 Å². The fraction of sp³-hybridized carbons (Fsp3) is 0.308. The first kappa shape index (κ1) is 13.5. The number of halogens is 3. The van der Waals surface area contributed by atoms with Crippen LogP contribution in [0.25, 0.3) is 5.57 Å². The average molecular weight is 272 g/mol. The van der Waals surface area contributed by atoms with Crippen molar-refractivity contribution >= 4 is 11.5 Å². The predicted octanol–water partition coefficient (Wildman–Crippen LogP) is 3.35. The van der Waals surface area contributed by atoms with Gasteiger partial charge in [0.05, 0.1) is 12.2 Å². The second-order valence-corrected chi connectivity index (χ2v) is 4.17. The lowest BCUT2D eigenvalue weighted by Crippen LogP contribution is -2.06. The third-order valence-corrected chi connectivity index (χ3v) is 2.80. The van der Waals surface area contributed by atoms with Gasteiger partial charge in [-0.1, -0.05) is 6.07 Å². The maximum atomic E-state index is 12.6. The number of fused-ring (bicyclic) bond motifs is 1. The number of rotatable bonds is 1. The number of benzene rings is 1. The van der Waals surface area contributed by atoms with Crippen molar-refractivity contribution in [1.82, 2.24) is 0 Å². The van der Waals surface area contributed by atoms with Crippen LogP contribution in [0.5, 0.6) is 5.75 Å². The van der Waals surface area contributed by atoms with Gasteiger partial charge in [-0.25, -0.2) is 4.79 Å². The molecule has 1 aliphatic heterocycles. The van der Waals surface area contributed by atoms with E-state index in [9.17, 15) is 18.0 Å². The molecule has 0 saturated heterocycles. The highest BCUT2D eigenvalue weighted by atomic mass is 19.4. The van der Waals surface area contributed by atoms with Crippen LogP contribution in [0.3, 0.4) is 0 Å². The maximum absolute atomic E-state index is 12.6.